The number of benzene rings is 2. The topological polar surface area (TPSA) is 85.6 Å². The molecule has 0 saturated carbocycles. The van der Waals surface area contributed by atoms with Crippen molar-refractivity contribution in [3.63, 3.8) is 0 Å². The molecule has 0 saturated heterocycles. The van der Waals surface area contributed by atoms with Gasteiger partial charge in [-0.15, -0.1) is 0 Å². The van der Waals surface area contributed by atoms with Gasteiger partial charge in [-0.1, -0.05) is 55.5 Å². The molecule has 8 heteroatoms. The number of aryl methyl sites for hydroxylation is 1. The van der Waals surface area contributed by atoms with Crippen molar-refractivity contribution in [2.24, 2.45) is 0 Å². The first kappa shape index (κ1) is 21.7. The first-order valence-electron chi connectivity index (χ1n) is 10.5. The number of anilines is 1. The molecule has 2 aromatic carbocycles. The summed E-state index contributed by atoms with van der Waals surface area (Å²) in [5.41, 5.74) is 2.03. The zero-order valence-corrected chi connectivity index (χ0v) is 18.8. The largest absolute Gasteiger partial charge is 0.487 e. The summed E-state index contributed by atoms with van der Waals surface area (Å²) in [7, 11) is 0. The lowest BCUT2D eigenvalue weighted by Gasteiger charge is -2.15. The molecule has 1 atom stereocenters. The first-order chi connectivity index (χ1) is 15.6. The van der Waals surface area contributed by atoms with Crippen molar-refractivity contribution in [2.75, 3.05) is 5.32 Å². The maximum Gasteiger partial charge on any atom is 0.275 e. The van der Waals surface area contributed by atoms with Gasteiger partial charge >= 0.3 is 0 Å². The highest BCUT2D eigenvalue weighted by molar-refractivity contribution is 7.16. The molecular formula is C24H24N4O3S. The molecule has 0 unspecified atom stereocenters. The van der Waals surface area contributed by atoms with Crippen molar-refractivity contribution in [2.45, 2.75) is 39.2 Å². The molecule has 2 heterocycles. The fraction of sp³-hybridized carbons (Fsp3) is 0.250. The number of aromatic nitrogens is 3. The average molecular weight is 449 g/mol. The number of ether oxygens (including phenoxy) is 1. The van der Waals surface area contributed by atoms with Gasteiger partial charge in [0.1, 0.15) is 17.4 Å². The lowest BCUT2D eigenvalue weighted by molar-refractivity contribution is -0.117. The molecular weight excluding hydrogens is 424 g/mol. The fourth-order valence-electron chi connectivity index (χ4n) is 3.39. The van der Waals surface area contributed by atoms with E-state index in [0.29, 0.717) is 28.5 Å². The summed E-state index contributed by atoms with van der Waals surface area (Å²) >= 11 is 1.40. The molecule has 0 aliphatic heterocycles. The van der Waals surface area contributed by atoms with Crippen molar-refractivity contribution in [1.82, 2.24) is 14.6 Å². The number of hydrogen-bond acceptors (Lipinski definition) is 6. The van der Waals surface area contributed by atoms with Gasteiger partial charge in [0.2, 0.25) is 10.9 Å². The second-order valence-corrected chi connectivity index (χ2v) is 8.34. The SMILES string of the molecule is CCc1nn2c(=O)cc(COc3ccc(NC(=O)[C@@H](CC)c4ccccc4)cc3)nc2s1. The molecule has 164 valence electrons. The van der Waals surface area contributed by atoms with Gasteiger partial charge in [-0.2, -0.15) is 9.61 Å². The smallest absolute Gasteiger partial charge is 0.275 e. The summed E-state index contributed by atoms with van der Waals surface area (Å²) in [5.74, 6) is 0.382. The highest BCUT2D eigenvalue weighted by Crippen LogP contribution is 2.23. The normalized spacial score (nSPS) is 11.9. The summed E-state index contributed by atoms with van der Waals surface area (Å²) in [6.45, 7) is 4.16. The molecule has 4 rings (SSSR count). The molecule has 1 N–H and O–H groups in total. The number of carbonyl (C=O) groups is 1. The van der Waals surface area contributed by atoms with E-state index < -0.39 is 0 Å². The van der Waals surface area contributed by atoms with E-state index in [1.807, 2.05) is 44.2 Å². The molecule has 1 amide bonds. The molecule has 2 aromatic heterocycles. The Morgan fingerprint density at radius 1 is 1.12 bits per heavy atom. The van der Waals surface area contributed by atoms with Crippen molar-refractivity contribution >= 4 is 27.9 Å². The van der Waals surface area contributed by atoms with Gasteiger partial charge < -0.3 is 10.1 Å². The van der Waals surface area contributed by atoms with Crippen molar-refractivity contribution in [3.05, 3.63) is 87.3 Å². The Morgan fingerprint density at radius 2 is 1.88 bits per heavy atom. The first-order valence-corrected chi connectivity index (χ1v) is 11.4. The van der Waals surface area contributed by atoms with Gasteiger partial charge in [0.25, 0.3) is 5.56 Å². The monoisotopic (exact) mass is 448 g/mol. The van der Waals surface area contributed by atoms with Crippen LogP contribution in [0.2, 0.25) is 0 Å². The highest BCUT2D eigenvalue weighted by Gasteiger charge is 2.18. The van der Waals surface area contributed by atoms with E-state index in [9.17, 15) is 9.59 Å². The average Bonchev–Trinajstić information content (AvgIpc) is 3.24. The van der Waals surface area contributed by atoms with E-state index in [0.717, 1.165) is 17.0 Å². The molecule has 0 aliphatic carbocycles. The Bertz CT molecular complexity index is 1270. The maximum atomic E-state index is 12.7. The van der Waals surface area contributed by atoms with Crippen LogP contribution in [-0.2, 0) is 17.8 Å². The maximum absolute atomic E-state index is 12.7. The lowest BCUT2D eigenvalue weighted by Crippen LogP contribution is -2.20. The summed E-state index contributed by atoms with van der Waals surface area (Å²) < 4.78 is 7.11. The zero-order chi connectivity index (χ0) is 22.5. The van der Waals surface area contributed by atoms with Crippen molar-refractivity contribution in [3.8, 4) is 5.75 Å². The predicted octanol–water partition coefficient (Wildman–Crippen LogP) is 4.42. The minimum Gasteiger partial charge on any atom is -0.487 e. The third kappa shape index (κ3) is 4.86. The van der Waals surface area contributed by atoms with Crippen LogP contribution in [-0.4, -0.2) is 20.5 Å². The number of amides is 1. The van der Waals surface area contributed by atoms with Gasteiger partial charge in [-0.05, 0) is 42.7 Å². The number of rotatable bonds is 8. The third-order valence-electron chi connectivity index (χ3n) is 5.08. The minimum absolute atomic E-state index is 0.0404. The Labute approximate surface area is 189 Å². The van der Waals surface area contributed by atoms with Crippen LogP contribution >= 0.6 is 11.3 Å². The van der Waals surface area contributed by atoms with Crippen molar-refractivity contribution < 1.29 is 9.53 Å². The molecule has 0 fully saturated rings. The van der Waals surface area contributed by atoms with E-state index >= 15 is 0 Å². The summed E-state index contributed by atoms with van der Waals surface area (Å²) in [6, 6.07) is 18.4. The van der Waals surface area contributed by atoms with Gasteiger partial charge in [-0.25, -0.2) is 4.98 Å². The van der Waals surface area contributed by atoms with Crippen molar-refractivity contribution in [1.29, 1.82) is 0 Å². The Hall–Kier alpha value is -3.52. The molecule has 4 aromatic rings. The molecule has 0 radical (unpaired) electrons. The van der Waals surface area contributed by atoms with Gasteiger partial charge in [0.05, 0.1) is 11.6 Å². The Balaban J connectivity index is 1.39. The van der Waals surface area contributed by atoms with Crippen LogP contribution in [0.4, 0.5) is 5.69 Å². The Morgan fingerprint density at radius 3 is 2.56 bits per heavy atom. The van der Waals surface area contributed by atoms with E-state index in [1.165, 1.54) is 21.9 Å². The van der Waals surface area contributed by atoms with E-state index in [1.54, 1.807) is 24.3 Å². The lowest BCUT2D eigenvalue weighted by atomic mass is 9.95. The summed E-state index contributed by atoms with van der Waals surface area (Å²) in [5, 5.41) is 8.08. The molecule has 0 bridgehead atoms. The third-order valence-corrected chi connectivity index (χ3v) is 6.13. The van der Waals surface area contributed by atoms with Crippen LogP contribution in [0.25, 0.3) is 4.96 Å². The van der Waals surface area contributed by atoms with Crippen LogP contribution in [0.15, 0.2) is 65.5 Å². The second kappa shape index (κ2) is 9.74. The van der Waals surface area contributed by atoms with E-state index in [4.69, 9.17) is 4.74 Å². The predicted molar refractivity (Wildman–Crippen MR) is 125 cm³/mol. The number of hydrogen-bond donors (Lipinski definition) is 1. The standard InChI is InChI=1S/C24H24N4O3S/c1-3-20(16-8-6-5-7-9-16)23(30)25-17-10-12-19(13-11-17)31-15-18-14-22(29)28-24(26-18)32-21(4-2)27-28/h5-14,20H,3-4,15H2,1-2H3,(H,25,30)/t20-/m0/s1. The number of nitrogens with zero attached hydrogens (tertiary/aromatic N) is 3. The van der Waals surface area contributed by atoms with Gasteiger partial charge in [-0.3, -0.25) is 9.59 Å². The van der Waals surface area contributed by atoms with Gasteiger partial charge in [0.15, 0.2) is 0 Å². The van der Waals surface area contributed by atoms with Gasteiger partial charge in [0, 0.05) is 11.8 Å². The van der Waals surface area contributed by atoms with Crippen LogP contribution in [0.5, 0.6) is 5.75 Å². The summed E-state index contributed by atoms with van der Waals surface area (Å²) in [6.07, 6.45) is 1.47. The quantitative estimate of drug-likeness (QED) is 0.431. The molecule has 0 aliphatic rings. The molecule has 0 spiro atoms. The second-order valence-electron chi connectivity index (χ2n) is 7.30. The van der Waals surface area contributed by atoms with E-state index in [-0.39, 0.29) is 24.0 Å². The molecule has 32 heavy (non-hydrogen) atoms. The highest BCUT2D eigenvalue weighted by atomic mass is 32.1. The van der Waals surface area contributed by atoms with E-state index in [2.05, 4.69) is 15.4 Å². The number of fused-ring (bicyclic) bond motifs is 1. The van der Waals surface area contributed by atoms with Crippen LogP contribution < -0.4 is 15.6 Å². The van der Waals surface area contributed by atoms with Crippen LogP contribution in [0.3, 0.4) is 0 Å². The van der Waals surface area contributed by atoms with Crippen LogP contribution in [0.1, 0.15) is 42.5 Å². The minimum atomic E-state index is -0.216. The fourth-order valence-corrected chi connectivity index (χ4v) is 4.25. The molecule has 7 nitrogen and oxygen atoms in total. The van der Waals surface area contributed by atoms with Crippen LogP contribution in [0, 0.1) is 0 Å². The number of carbonyl (C=O) groups excluding carboxylic acids is 1. The summed E-state index contributed by atoms with van der Waals surface area (Å²) in [4.78, 5) is 30.0. The number of nitrogens with one attached hydrogen (secondary N) is 1. The zero-order valence-electron chi connectivity index (χ0n) is 17.9. The Kier molecular flexibility index (Phi) is 6.61.